The molecule has 0 bridgehead atoms. The van der Waals surface area contributed by atoms with Crippen LogP contribution in [0.3, 0.4) is 0 Å². The van der Waals surface area contributed by atoms with Crippen molar-refractivity contribution in [3.63, 3.8) is 0 Å². The van der Waals surface area contributed by atoms with Crippen LogP contribution in [-0.2, 0) is 9.53 Å². The minimum absolute atomic E-state index is 0.0226. The number of aliphatic hydroxyl groups excluding tert-OH is 1. The van der Waals surface area contributed by atoms with Crippen LogP contribution in [0.2, 0.25) is 0 Å². The predicted molar refractivity (Wildman–Crippen MR) is 86.7 cm³/mol. The van der Waals surface area contributed by atoms with Crippen LogP contribution >= 0.6 is 0 Å². The molecule has 124 valence electrons. The monoisotopic (exact) mass is 314 g/mol. The van der Waals surface area contributed by atoms with Gasteiger partial charge in [-0.2, -0.15) is 0 Å². The third-order valence-corrected chi connectivity index (χ3v) is 8.24. The van der Waals surface area contributed by atoms with Crippen LogP contribution in [0.25, 0.3) is 0 Å². The molecule has 3 nitrogen and oxygen atoms in total. The van der Waals surface area contributed by atoms with Gasteiger partial charge in [-0.1, -0.05) is 32.9 Å². The number of ketones is 1. The molecular formula is C20H26O3. The maximum absolute atomic E-state index is 11.9. The van der Waals surface area contributed by atoms with Gasteiger partial charge < -0.3 is 9.84 Å². The van der Waals surface area contributed by atoms with Crippen LogP contribution in [0.15, 0.2) is 23.8 Å². The van der Waals surface area contributed by atoms with Gasteiger partial charge in [-0.3, -0.25) is 4.79 Å². The minimum atomic E-state index is -0.318. The summed E-state index contributed by atoms with van der Waals surface area (Å²) < 4.78 is 5.85. The Bertz CT molecular complexity index is 664. The summed E-state index contributed by atoms with van der Waals surface area (Å²) >= 11 is 0. The maximum atomic E-state index is 11.9. The van der Waals surface area contributed by atoms with E-state index < -0.39 is 0 Å². The minimum Gasteiger partial charge on any atom is -0.390 e. The van der Waals surface area contributed by atoms with Crippen LogP contribution < -0.4 is 0 Å². The van der Waals surface area contributed by atoms with Crippen LogP contribution in [-0.4, -0.2) is 29.2 Å². The lowest BCUT2D eigenvalue weighted by Gasteiger charge is -2.61. The lowest BCUT2D eigenvalue weighted by molar-refractivity contribution is -0.132. The highest BCUT2D eigenvalue weighted by molar-refractivity contribution is 5.92. The lowest BCUT2D eigenvalue weighted by Crippen LogP contribution is -2.57. The first-order chi connectivity index (χ1) is 10.8. The largest absolute Gasteiger partial charge is 0.390 e. The van der Waals surface area contributed by atoms with Gasteiger partial charge in [0.15, 0.2) is 5.78 Å². The van der Waals surface area contributed by atoms with Gasteiger partial charge >= 0.3 is 0 Å². The molecule has 0 unspecified atom stereocenters. The second-order valence-corrected chi connectivity index (χ2v) is 9.27. The van der Waals surface area contributed by atoms with Gasteiger partial charge in [0.1, 0.15) is 6.10 Å². The van der Waals surface area contributed by atoms with Crippen molar-refractivity contribution in [3.05, 3.63) is 23.8 Å². The summed E-state index contributed by atoms with van der Waals surface area (Å²) in [4.78, 5) is 11.9. The summed E-state index contributed by atoms with van der Waals surface area (Å²) in [5.41, 5.74) is 1.35. The van der Waals surface area contributed by atoms with Gasteiger partial charge in [0, 0.05) is 17.8 Å². The van der Waals surface area contributed by atoms with E-state index in [9.17, 15) is 9.90 Å². The van der Waals surface area contributed by atoms with Gasteiger partial charge in [0.05, 0.1) is 12.2 Å². The van der Waals surface area contributed by atoms with Crippen molar-refractivity contribution in [2.75, 3.05) is 0 Å². The zero-order valence-electron chi connectivity index (χ0n) is 14.2. The van der Waals surface area contributed by atoms with E-state index in [4.69, 9.17) is 4.74 Å². The maximum Gasteiger partial charge on any atom is 0.156 e. The van der Waals surface area contributed by atoms with Gasteiger partial charge in [0.2, 0.25) is 0 Å². The highest BCUT2D eigenvalue weighted by Crippen LogP contribution is 2.72. The van der Waals surface area contributed by atoms with E-state index in [1.807, 2.05) is 6.08 Å². The molecule has 5 rings (SSSR count). The lowest BCUT2D eigenvalue weighted by atomic mass is 9.43. The van der Waals surface area contributed by atoms with E-state index >= 15 is 0 Å². The zero-order valence-corrected chi connectivity index (χ0v) is 14.2. The molecule has 3 fully saturated rings. The summed E-state index contributed by atoms with van der Waals surface area (Å²) in [5, 5.41) is 10.7. The summed E-state index contributed by atoms with van der Waals surface area (Å²) in [6.45, 7) is 7.01. The van der Waals surface area contributed by atoms with Crippen molar-refractivity contribution in [1.29, 1.82) is 0 Å². The highest BCUT2D eigenvalue weighted by Gasteiger charge is 2.74. The smallest absolute Gasteiger partial charge is 0.156 e. The summed E-state index contributed by atoms with van der Waals surface area (Å²) in [5.74, 6) is 1.20. The molecule has 8 atom stereocenters. The average Bonchev–Trinajstić information content (AvgIpc) is 3.22. The molecule has 3 heteroatoms. The molecule has 1 N–H and O–H groups in total. The number of rotatable bonds is 0. The van der Waals surface area contributed by atoms with Crippen molar-refractivity contribution in [2.24, 2.45) is 28.1 Å². The second-order valence-electron chi connectivity index (χ2n) is 9.27. The van der Waals surface area contributed by atoms with Gasteiger partial charge in [-0.25, -0.2) is 0 Å². The third kappa shape index (κ3) is 1.52. The molecule has 0 amide bonds. The number of carbonyl (C=O) groups is 1. The Morgan fingerprint density at radius 1 is 1.22 bits per heavy atom. The first kappa shape index (κ1) is 14.4. The van der Waals surface area contributed by atoms with Crippen molar-refractivity contribution in [2.45, 2.75) is 64.8 Å². The number of allylic oxidation sites excluding steroid dienone is 4. The highest BCUT2D eigenvalue weighted by atomic mass is 16.6. The van der Waals surface area contributed by atoms with Crippen molar-refractivity contribution < 1.29 is 14.6 Å². The molecule has 1 saturated heterocycles. The van der Waals surface area contributed by atoms with Crippen LogP contribution in [0.4, 0.5) is 0 Å². The summed E-state index contributed by atoms with van der Waals surface area (Å²) in [7, 11) is 0. The van der Waals surface area contributed by atoms with Crippen LogP contribution in [0.5, 0.6) is 0 Å². The standard InChI is InChI=1S/C20H26O3/c1-18-8-5-12(21)10-11(18)4-7-19(2)13(18)6-9-20(3)16(19)14-15(23-14)17(20)22/h4,7,10,13-17,22H,5-6,8-9H2,1-3H3/t13-,14-,15+,16+,17+,18+,19-,20+/m1/s1. The molecule has 4 aliphatic carbocycles. The molecule has 0 radical (unpaired) electrons. The molecule has 1 aliphatic heterocycles. The molecular weight excluding hydrogens is 288 g/mol. The SMILES string of the molecule is C[C@@]12C=CC3=CC(=O)CC[C@]3(C)[C@H]1CC[C@]1(C)[C@@H](O)[C@H]3O[C@H]3[C@@H]21. The topological polar surface area (TPSA) is 49.8 Å². The van der Waals surface area contributed by atoms with Gasteiger partial charge in [-0.05, 0) is 47.7 Å². The number of hydrogen-bond donors (Lipinski definition) is 1. The first-order valence-electron chi connectivity index (χ1n) is 9.08. The van der Waals surface area contributed by atoms with E-state index in [1.54, 1.807) is 0 Å². The Morgan fingerprint density at radius 3 is 2.78 bits per heavy atom. The number of hydrogen-bond acceptors (Lipinski definition) is 3. The van der Waals surface area contributed by atoms with Gasteiger partial charge in [-0.15, -0.1) is 0 Å². The Labute approximate surface area is 137 Å². The van der Waals surface area contributed by atoms with E-state index in [-0.39, 0.29) is 40.3 Å². The fourth-order valence-electron chi connectivity index (χ4n) is 6.99. The molecule has 0 aromatic rings. The zero-order chi connectivity index (χ0) is 16.2. The summed E-state index contributed by atoms with van der Waals surface area (Å²) in [6.07, 6.45) is 10.3. The number of carbonyl (C=O) groups excluding carboxylic acids is 1. The quantitative estimate of drug-likeness (QED) is 0.699. The fraction of sp³-hybridized carbons (Fsp3) is 0.750. The van der Waals surface area contributed by atoms with Gasteiger partial charge in [0.25, 0.3) is 0 Å². The molecule has 0 spiro atoms. The molecule has 0 aromatic heterocycles. The Kier molecular flexibility index (Phi) is 2.51. The van der Waals surface area contributed by atoms with E-state index in [0.29, 0.717) is 18.3 Å². The molecule has 0 aromatic carbocycles. The van der Waals surface area contributed by atoms with Crippen LogP contribution in [0.1, 0.15) is 46.5 Å². The third-order valence-electron chi connectivity index (χ3n) is 8.24. The summed E-state index contributed by atoms with van der Waals surface area (Å²) in [6, 6.07) is 0. The number of ether oxygens (including phenoxy) is 1. The van der Waals surface area contributed by atoms with Crippen molar-refractivity contribution >= 4 is 5.78 Å². The molecule has 23 heavy (non-hydrogen) atoms. The first-order valence-corrected chi connectivity index (χ1v) is 9.08. The van der Waals surface area contributed by atoms with E-state index in [2.05, 4.69) is 32.9 Å². The Hall–Kier alpha value is -0.930. The molecule has 2 saturated carbocycles. The molecule has 5 aliphatic rings. The number of aliphatic hydroxyl groups is 1. The number of epoxide rings is 1. The Morgan fingerprint density at radius 2 is 2.00 bits per heavy atom. The molecule has 1 heterocycles. The predicted octanol–water partition coefficient (Wildman–Crippen LogP) is 3.03. The second kappa shape index (κ2) is 4.00. The Balaban J connectivity index is 1.65. The van der Waals surface area contributed by atoms with Crippen molar-refractivity contribution in [1.82, 2.24) is 0 Å². The van der Waals surface area contributed by atoms with Crippen LogP contribution in [0, 0.1) is 28.1 Å². The van der Waals surface area contributed by atoms with E-state index in [0.717, 1.165) is 19.3 Å². The average molecular weight is 314 g/mol. The number of fused-ring (bicyclic) bond motifs is 7. The fourth-order valence-corrected chi connectivity index (χ4v) is 6.99. The van der Waals surface area contributed by atoms with E-state index in [1.165, 1.54) is 5.57 Å². The van der Waals surface area contributed by atoms with Crippen molar-refractivity contribution in [3.8, 4) is 0 Å². The normalized spacial score (nSPS) is 59.6.